The maximum atomic E-state index is 12.4. The van der Waals surface area contributed by atoms with Gasteiger partial charge >= 0.3 is 6.61 Å². The van der Waals surface area contributed by atoms with E-state index in [2.05, 4.69) is 26.0 Å². The Bertz CT molecular complexity index is 557. The predicted molar refractivity (Wildman–Crippen MR) is 98.4 cm³/mol. The lowest BCUT2D eigenvalue weighted by molar-refractivity contribution is -0.120. The first-order chi connectivity index (χ1) is 12.0. The van der Waals surface area contributed by atoms with Crippen molar-refractivity contribution < 1.29 is 23.0 Å². The summed E-state index contributed by atoms with van der Waals surface area (Å²) in [6, 6.07) is 4.81. The molecule has 0 saturated carbocycles. The molecule has 1 aromatic carbocycles. The van der Waals surface area contributed by atoms with Crippen molar-refractivity contribution in [3.05, 3.63) is 28.2 Å². The molecule has 0 spiro atoms. The third-order valence-electron chi connectivity index (χ3n) is 3.81. The van der Waals surface area contributed by atoms with Crippen LogP contribution in [0.1, 0.15) is 24.8 Å². The third-order valence-corrected chi connectivity index (χ3v) is 5.68. The normalized spacial score (nSPS) is 15.4. The predicted octanol–water partition coefficient (Wildman–Crippen LogP) is 4.01. The summed E-state index contributed by atoms with van der Waals surface area (Å²) in [6.07, 6.45) is 2.71. The van der Waals surface area contributed by atoms with Gasteiger partial charge in [0.1, 0.15) is 5.75 Å². The standard InChI is InChI=1S/C17H22BrF2NO3S/c18-13-2-3-15(24-17(19)20)12(11-13)1-4-16(22)21-7-10-25-14-5-8-23-9-6-14/h2-3,11,14,17H,1,4-10H2,(H,21,22). The zero-order valence-electron chi connectivity index (χ0n) is 13.8. The number of aryl methyl sites for hydroxylation is 1. The SMILES string of the molecule is O=C(CCc1cc(Br)ccc1OC(F)F)NCCSC1CCOCC1. The lowest BCUT2D eigenvalue weighted by atomic mass is 10.1. The highest BCUT2D eigenvalue weighted by molar-refractivity contribution is 9.10. The Balaban J connectivity index is 1.69. The second kappa shape index (κ2) is 11.0. The summed E-state index contributed by atoms with van der Waals surface area (Å²) in [4.78, 5) is 11.9. The van der Waals surface area contributed by atoms with E-state index in [0.29, 0.717) is 23.8 Å². The molecule has 1 aromatic rings. The van der Waals surface area contributed by atoms with Crippen LogP contribution in [0.5, 0.6) is 5.75 Å². The highest BCUT2D eigenvalue weighted by Crippen LogP contribution is 2.26. The molecule has 1 N–H and O–H groups in total. The van der Waals surface area contributed by atoms with E-state index in [1.54, 1.807) is 12.1 Å². The molecule has 1 saturated heterocycles. The number of carbonyl (C=O) groups excluding carboxylic acids is 1. The Morgan fingerprint density at radius 2 is 2.16 bits per heavy atom. The third kappa shape index (κ3) is 7.92. The van der Waals surface area contributed by atoms with Gasteiger partial charge in [0.25, 0.3) is 0 Å². The number of nitrogens with one attached hydrogen (secondary N) is 1. The molecule has 0 aliphatic carbocycles. The number of carbonyl (C=O) groups is 1. The highest BCUT2D eigenvalue weighted by Gasteiger charge is 2.14. The summed E-state index contributed by atoms with van der Waals surface area (Å²) < 4.78 is 35.4. The van der Waals surface area contributed by atoms with E-state index in [4.69, 9.17) is 4.74 Å². The minimum atomic E-state index is -2.88. The Morgan fingerprint density at radius 3 is 2.88 bits per heavy atom. The van der Waals surface area contributed by atoms with Crippen LogP contribution in [0, 0.1) is 0 Å². The first kappa shape index (κ1) is 20.5. The van der Waals surface area contributed by atoms with Crippen LogP contribution in [0.4, 0.5) is 8.78 Å². The van der Waals surface area contributed by atoms with Crippen molar-refractivity contribution >= 4 is 33.6 Å². The van der Waals surface area contributed by atoms with Gasteiger partial charge in [-0.15, -0.1) is 0 Å². The van der Waals surface area contributed by atoms with Crippen LogP contribution >= 0.6 is 27.7 Å². The van der Waals surface area contributed by atoms with Crippen molar-refractivity contribution in [3.63, 3.8) is 0 Å². The largest absolute Gasteiger partial charge is 0.435 e. The summed E-state index contributed by atoms with van der Waals surface area (Å²) >= 11 is 5.16. The molecule has 2 rings (SSSR count). The van der Waals surface area contributed by atoms with Gasteiger partial charge in [-0.25, -0.2) is 0 Å². The van der Waals surface area contributed by atoms with Gasteiger partial charge in [-0.3, -0.25) is 4.79 Å². The molecule has 1 fully saturated rings. The van der Waals surface area contributed by atoms with Crippen LogP contribution in [0.3, 0.4) is 0 Å². The van der Waals surface area contributed by atoms with E-state index in [9.17, 15) is 13.6 Å². The van der Waals surface area contributed by atoms with Gasteiger partial charge in [-0.05, 0) is 43.0 Å². The summed E-state index contributed by atoms with van der Waals surface area (Å²) in [6.45, 7) is -0.630. The first-order valence-corrected chi connectivity index (χ1v) is 10.1. The molecule has 0 unspecified atom stereocenters. The van der Waals surface area contributed by atoms with E-state index in [1.165, 1.54) is 6.07 Å². The second-order valence-electron chi connectivity index (χ2n) is 5.66. The van der Waals surface area contributed by atoms with Crippen molar-refractivity contribution in [1.29, 1.82) is 0 Å². The quantitative estimate of drug-likeness (QED) is 0.592. The van der Waals surface area contributed by atoms with Crippen molar-refractivity contribution in [2.75, 3.05) is 25.5 Å². The molecule has 8 heteroatoms. The number of halogens is 3. The fraction of sp³-hybridized carbons (Fsp3) is 0.588. The molecule has 140 valence electrons. The zero-order valence-corrected chi connectivity index (χ0v) is 16.2. The van der Waals surface area contributed by atoms with Crippen LogP contribution in [0.25, 0.3) is 0 Å². The fourth-order valence-electron chi connectivity index (χ4n) is 2.55. The maximum absolute atomic E-state index is 12.4. The Hall–Kier alpha value is -0.860. The lowest BCUT2D eigenvalue weighted by Gasteiger charge is -2.21. The fourth-order valence-corrected chi connectivity index (χ4v) is 4.04. The number of ether oxygens (including phenoxy) is 2. The van der Waals surface area contributed by atoms with Crippen LogP contribution in [-0.4, -0.2) is 43.3 Å². The zero-order chi connectivity index (χ0) is 18.1. The van der Waals surface area contributed by atoms with Gasteiger partial charge in [-0.2, -0.15) is 20.5 Å². The molecule has 1 aliphatic rings. The van der Waals surface area contributed by atoms with Gasteiger partial charge < -0.3 is 14.8 Å². The first-order valence-electron chi connectivity index (χ1n) is 8.24. The Labute approximate surface area is 159 Å². The van der Waals surface area contributed by atoms with Crippen LogP contribution in [-0.2, 0) is 16.0 Å². The summed E-state index contributed by atoms with van der Waals surface area (Å²) in [5.41, 5.74) is 0.585. The number of hydrogen-bond donors (Lipinski definition) is 1. The van der Waals surface area contributed by atoms with E-state index in [1.807, 2.05) is 11.8 Å². The average molecular weight is 438 g/mol. The van der Waals surface area contributed by atoms with Crippen LogP contribution in [0.2, 0.25) is 0 Å². The van der Waals surface area contributed by atoms with Gasteiger partial charge in [0.2, 0.25) is 5.91 Å². The van der Waals surface area contributed by atoms with Gasteiger partial charge in [0, 0.05) is 41.7 Å². The van der Waals surface area contributed by atoms with E-state index >= 15 is 0 Å². The molecule has 0 radical (unpaired) electrons. The average Bonchev–Trinajstić information content (AvgIpc) is 2.59. The summed E-state index contributed by atoms with van der Waals surface area (Å²) in [5, 5.41) is 3.49. The van der Waals surface area contributed by atoms with E-state index in [0.717, 1.165) is 36.3 Å². The molecular formula is C17H22BrF2NO3S. The van der Waals surface area contributed by atoms with Gasteiger partial charge in [0.15, 0.2) is 0 Å². The molecule has 1 heterocycles. The van der Waals surface area contributed by atoms with Crippen molar-refractivity contribution in [3.8, 4) is 5.75 Å². The van der Waals surface area contributed by atoms with Crippen LogP contribution < -0.4 is 10.1 Å². The molecule has 1 amide bonds. The summed E-state index contributed by atoms with van der Waals surface area (Å²) in [7, 11) is 0. The minimum Gasteiger partial charge on any atom is -0.435 e. The number of hydrogen-bond acceptors (Lipinski definition) is 4. The molecular weight excluding hydrogens is 416 g/mol. The van der Waals surface area contributed by atoms with Crippen molar-refractivity contribution in [2.45, 2.75) is 37.5 Å². The maximum Gasteiger partial charge on any atom is 0.387 e. The molecule has 0 atom stereocenters. The monoisotopic (exact) mass is 437 g/mol. The van der Waals surface area contributed by atoms with Crippen molar-refractivity contribution in [2.24, 2.45) is 0 Å². The second-order valence-corrected chi connectivity index (χ2v) is 7.99. The van der Waals surface area contributed by atoms with Gasteiger partial charge in [0.05, 0.1) is 0 Å². The highest BCUT2D eigenvalue weighted by atomic mass is 79.9. The lowest BCUT2D eigenvalue weighted by Crippen LogP contribution is -2.27. The van der Waals surface area contributed by atoms with E-state index < -0.39 is 6.61 Å². The molecule has 1 aliphatic heterocycles. The van der Waals surface area contributed by atoms with E-state index in [-0.39, 0.29) is 18.1 Å². The molecule has 4 nitrogen and oxygen atoms in total. The van der Waals surface area contributed by atoms with Crippen molar-refractivity contribution in [1.82, 2.24) is 5.32 Å². The molecule has 0 bridgehead atoms. The number of benzene rings is 1. The summed E-state index contributed by atoms with van der Waals surface area (Å²) in [5.74, 6) is 0.893. The molecule has 25 heavy (non-hydrogen) atoms. The Morgan fingerprint density at radius 1 is 1.40 bits per heavy atom. The topological polar surface area (TPSA) is 47.6 Å². The Kier molecular flexibility index (Phi) is 8.98. The smallest absolute Gasteiger partial charge is 0.387 e. The minimum absolute atomic E-state index is 0.0875. The number of alkyl halides is 2. The number of rotatable bonds is 9. The number of thioether (sulfide) groups is 1. The van der Waals surface area contributed by atoms with Gasteiger partial charge in [-0.1, -0.05) is 15.9 Å². The van der Waals surface area contributed by atoms with Crippen LogP contribution in [0.15, 0.2) is 22.7 Å². The number of amides is 1. The molecule has 0 aromatic heterocycles.